The number of piperidine rings is 1. The van der Waals surface area contributed by atoms with Crippen LogP contribution in [0.4, 0.5) is 5.95 Å². The van der Waals surface area contributed by atoms with Gasteiger partial charge in [0.1, 0.15) is 0 Å². The van der Waals surface area contributed by atoms with Crippen molar-refractivity contribution in [1.29, 1.82) is 0 Å². The summed E-state index contributed by atoms with van der Waals surface area (Å²) in [5.41, 5.74) is 1.76. The molecule has 0 spiro atoms. The zero-order chi connectivity index (χ0) is 24.4. The van der Waals surface area contributed by atoms with Crippen molar-refractivity contribution in [3.05, 3.63) is 57.1 Å². The number of ether oxygens (including phenoxy) is 1. The second-order valence-corrected chi connectivity index (χ2v) is 8.60. The van der Waals surface area contributed by atoms with Crippen LogP contribution in [0.1, 0.15) is 24.1 Å². The van der Waals surface area contributed by atoms with Crippen LogP contribution in [0, 0.1) is 5.92 Å². The number of nitrogens with zero attached hydrogens (tertiary/aromatic N) is 4. The van der Waals surface area contributed by atoms with E-state index in [-0.39, 0.29) is 11.7 Å². The minimum atomic E-state index is -1.17. The Morgan fingerprint density at radius 2 is 1.94 bits per heavy atom. The van der Waals surface area contributed by atoms with Crippen molar-refractivity contribution in [2.24, 2.45) is 13.0 Å². The topological polar surface area (TPSA) is 135 Å². The molecular formula is C23H23ClN4O6. The Morgan fingerprint density at radius 3 is 2.62 bits per heavy atom. The number of anilines is 1. The van der Waals surface area contributed by atoms with E-state index in [9.17, 15) is 19.5 Å². The molecule has 0 radical (unpaired) electrons. The van der Waals surface area contributed by atoms with Crippen molar-refractivity contribution in [3.8, 4) is 5.75 Å². The Labute approximate surface area is 199 Å². The molecule has 1 aliphatic rings. The van der Waals surface area contributed by atoms with Crippen molar-refractivity contribution < 1.29 is 24.5 Å². The number of pyridine rings is 1. The number of carbonyl (C=O) groups is 2. The molecule has 3 heterocycles. The lowest BCUT2D eigenvalue weighted by atomic mass is 9.97. The first-order valence-electron chi connectivity index (χ1n) is 10.7. The Balaban J connectivity index is 1.59. The fourth-order valence-electron chi connectivity index (χ4n) is 4.04. The average molecular weight is 487 g/mol. The van der Waals surface area contributed by atoms with Crippen LogP contribution in [0.3, 0.4) is 0 Å². The molecule has 1 fully saturated rings. The lowest BCUT2D eigenvalue weighted by molar-refractivity contribution is -0.142. The summed E-state index contributed by atoms with van der Waals surface area (Å²) < 4.78 is 6.56. The second kappa shape index (κ2) is 9.68. The maximum Gasteiger partial charge on any atom is 0.341 e. The van der Waals surface area contributed by atoms with Gasteiger partial charge in [-0.2, -0.15) is 0 Å². The van der Waals surface area contributed by atoms with Gasteiger partial charge in [-0.05, 0) is 36.6 Å². The maximum absolute atomic E-state index is 12.4. The van der Waals surface area contributed by atoms with E-state index in [1.807, 2.05) is 17.0 Å². The van der Waals surface area contributed by atoms with Gasteiger partial charge in [-0.15, -0.1) is 0 Å². The van der Waals surface area contributed by atoms with E-state index in [0.717, 1.165) is 5.56 Å². The highest BCUT2D eigenvalue weighted by atomic mass is 35.5. The van der Waals surface area contributed by atoms with Crippen molar-refractivity contribution in [2.75, 3.05) is 24.6 Å². The number of fused-ring (bicyclic) bond motifs is 1. The van der Waals surface area contributed by atoms with E-state index < -0.39 is 24.1 Å². The number of carboxylic acids is 2. The van der Waals surface area contributed by atoms with E-state index in [2.05, 4.69) is 9.97 Å². The number of halogens is 1. The molecule has 1 saturated heterocycles. The highest BCUT2D eigenvalue weighted by Crippen LogP contribution is 2.25. The lowest BCUT2D eigenvalue weighted by Crippen LogP contribution is -2.37. The third kappa shape index (κ3) is 4.96. The summed E-state index contributed by atoms with van der Waals surface area (Å²) in [5.74, 6) is -1.82. The quantitative estimate of drug-likeness (QED) is 0.515. The molecule has 1 aliphatic heterocycles. The SMILES string of the molecule is Cn1c(=O)c(OCC(=O)O)cc2cc(Cc3nc(N4CCC(C(=O)O)CC4)ncc3Cl)ccc21. The molecule has 3 aromatic rings. The number of rotatable bonds is 7. The number of hydrogen-bond acceptors (Lipinski definition) is 7. The highest BCUT2D eigenvalue weighted by Gasteiger charge is 2.26. The first-order chi connectivity index (χ1) is 16.2. The number of hydrogen-bond donors (Lipinski definition) is 2. The monoisotopic (exact) mass is 486 g/mol. The fraction of sp³-hybridized carbons (Fsp3) is 0.348. The highest BCUT2D eigenvalue weighted by molar-refractivity contribution is 6.31. The Hall–Kier alpha value is -3.66. The average Bonchev–Trinajstić information content (AvgIpc) is 2.82. The molecule has 2 N–H and O–H groups in total. The maximum atomic E-state index is 12.4. The molecular weight excluding hydrogens is 464 g/mol. The molecule has 4 rings (SSSR count). The summed E-state index contributed by atoms with van der Waals surface area (Å²) in [6, 6.07) is 7.08. The molecule has 178 valence electrons. The number of aromatic nitrogens is 3. The van der Waals surface area contributed by atoms with Gasteiger partial charge >= 0.3 is 11.9 Å². The summed E-state index contributed by atoms with van der Waals surface area (Å²) in [6.45, 7) is 0.506. The minimum absolute atomic E-state index is 0.0401. The molecule has 1 aromatic carbocycles. The van der Waals surface area contributed by atoms with Crippen LogP contribution in [-0.4, -0.2) is 56.4 Å². The molecule has 0 bridgehead atoms. The van der Waals surface area contributed by atoms with Crippen molar-refractivity contribution in [3.63, 3.8) is 0 Å². The van der Waals surface area contributed by atoms with E-state index in [1.165, 1.54) is 10.6 Å². The standard InChI is InChI=1S/C23H23ClN4O6/c1-27-18-3-2-13(8-15(18)10-19(21(27)31)34-12-20(29)30)9-17-16(24)11-25-23(26-17)28-6-4-14(5-7-28)22(32)33/h2-3,8,10-11,14H,4-7,9,12H2,1H3,(H,29,30)(H,32,33). The number of carboxylic acid groups (broad SMARTS) is 2. The van der Waals surface area contributed by atoms with Gasteiger partial charge < -0.3 is 24.4 Å². The second-order valence-electron chi connectivity index (χ2n) is 8.19. The van der Waals surface area contributed by atoms with Crippen LogP contribution < -0.4 is 15.2 Å². The molecule has 2 aromatic heterocycles. The summed E-state index contributed by atoms with van der Waals surface area (Å²) >= 11 is 6.37. The first kappa shape index (κ1) is 23.5. The van der Waals surface area contributed by atoms with E-state index >= 15 is 0 Å². The molecule has 0 amide bonds. The van der Waals surface area contributed by atoms with Crippen LogP contribution in [0.2, 0.25) is 5.02 Å². The zero-order valence-corrected chi connectivity index (χ0v) is 19.2. The summed E-state index contributed by atoms with van der Waals surface area (Å²) in [6.07, 6.45) is 3.02. The molecule has 11 heteroatoms. The molecule has 34 heavy (non-hydrogen) atoms. The summed E-state index contributed by atoms with van der Waals surface area (Å²) in [5, 5.41) is 19.2. The van der Waals surface area contributed by atoms with Gasteiger partial charge in [0.15, 0.2) is 12.4 Å². The molecule has 10 nitrogen and oxygen atoms in total. The predicted molar refractivity (Wildman–Crippen MR) is 125 cm³/mol. The third-order valence-corrected chi connectivity index (χ3v) is 6.22. The normalized spacial score (nSPS) is 14.4. The van der Waals surface area contributed by atoms with Gasteiger partial charge in [0.2, 0.25) is 5.95 Å². The predicted octanol–water partition coefficient (Wildman–Crippen LogP) is 2.34. The zero-order valence-electron chi connectivity index (χ0n) is 18.4. The smallest absolute Gasteiger partial charge is 0.341 e. The first-order valence-corrected chi connectivity index (χ1v) is 11.1. The van der Waals surface area contributed by atoms with Gasteiger partial charge in [0.05, 0.1) is 28.3 Å². The van der Waals surface area contributed by atoms with Crippen molar-refractivity contribution >= 4 is 40.4 Å². The van der Waals surface area contributed by atoms with Crippen LogP contribution >= 0.6 is 11.6 Å². The summed E-state index contributed by atoms with van der Waals surface area (Å²) in [4.78, 5) is 45.4. The molecule has 0 saturated carbocycles. The van der Waals surface area contributed by atoms with Crippen molar-refractivity contribution in [1.82, 2.24) is 14.5 Å². The Morgan fingerprint density at radius 1 is 1.21 bits per heavy atom. The van der Waals surface area contributed by atoms with Gasteiger partial charge in [0.25, 0.3) is 5.56 Å². The van der Waals surface area contributed by atoms with Gasteiger partial charge in [-0.25, -0.2) is 14.8 Å². The fourth-order valence-corrected chi connectivity index (χ4v) is 4.20. The van der Waals surface area contributed by atoms with Crippen LogP contribution in [0.15, 0.2) is 35.3 Å². The lowest BCUT2D eigenvalue weighted by Gasteiger charge is -2.30. The number of aliphatic carboxylic acids is 2. The van der Waals surface area contributed by atoms with E-state index in [1.54, 1.807) is 19.3 Å². The van der Waals surface area contributed by atoms with Crippen LogP contribution in [-0.2, 0) is 23.1 Å². The third-order valence-electron chi connectivity index (χ3n) is 5.91. The minimum Gasteiger partial charge on any atom is -0.481 e. The Kier molecular flexibility index (Phi) is 6.69. The van der Waals surface area contributed by atoms with E-state index in [0.29, 0.717) is 59.9 Å². The van der Waals surface area contributed by atoms with Crippen LogP contribution in [0.25, 0.3) is 10.9 Å². The molecule has 0 unspecified atom stereocenters. The molecule has 0 atom stereocenters. The Bertz CT molecular complexity index is 1320. The molecule has 0 aliphatic carbocycles. The summed E-state index contributed by atoms with van der Waals surface area (Å²) in [7, 11) is 1.60. The van der Waals surface area contributed by atoms with Gasteiger partial charge in [0, 0.05) is 31.9 Å². The largest absolute Gasteiger partial charge is 0.481 e. The van der Waals surface area contributed by atoms with E-state index in [4.69, 9.17) is 21.4 Å². The number of aryl methyl sites for hydroxylation is 1. The van der Waals surface area contributed by atoms with Crippen molar-refractivity contribution in [2.45, 2.75) is 19.3 Å². The van der Waals surface area contributed by atoms with Crippen LogP contribution in [0.5, 0.6) is 5.75 Å². The van der Waals surface area contributed by atoms with Gasteiger partial charge in [-0.3, -0.25) is 9.59 Å². The van der Waals surface area contributed by atoms with Gasteiger partial charge in [-0.1, -0.05) is 17.7 Å². The number of benzene rings is 1.